The maximum Gasteiger partial charge on any atom is 0.277 e. The summed E-state index contributed by atoms with van der Waals surface area (Å²) < 4.78 is 0. The first-order valence-electron chi connectivity index (χ1n) is 7.18. The summed E-state index contributed by atoms with van der Waals surface area (Å²) in [4.78, 5) is 25.1. The number of pyridine rings is 1. The minimum absolute atomic E-state index is 0.258. The predicted molar refractivity (Wildman–Crippen MR) is 84.1 cm³/mol. The maximum atomic E-state index is 12.5. The molecule has 3 heterocycles. The van der Waals surface area contributed by atoms with Crippen LogP contribution in [0.15, 0.2) is 30.7 Å². The summed E-state index contributed by atoms with van der Waals surface area (Å²) >= 11 is 5.79. The molecule has 0 spiro atoms. The molecule has 1 amide bonds. The van der Waals surface area contributed by atoms with E-state index in [2.05, 4.69) is 25.6 Å². The molecule has 3 rings (SSSR count). The Labute approximate surface area is 133 Å². The average Bonchev–Trinajstić information content (AvgIpc) is 2.58. The molecule has 0 atom stereocenters. The van der Waals surface area contributed by atoms with Crippen molar-refractivity contribution in [1.82, 2.24) is 20.3 Å². The largest absolute Gasteiger partial charge is 0.317 e. The highest BCUT2D eigenvalue weighted by atomic mass is 35.5. The SMILES string of the molecule is O=C(Nc1ccc(Cl)cn1)c1nccnc1C1CCNCC1. The van der Waals surface area contributed by atoms with Gasteiger partial charge in [0.1, 0.15) is 11.5 Å². The number of piperidine rings is 1. The van der Waals surface area contributed by atoms with E-state index in [1.807, 2.05) is 0 Å². The Balaban J connectivity index is 1.81. The lowest BCUT2D eigenvalue weighted by molar-refractivity contribution is 0.101. The van der Waals surface area contributed by atoms with E-state index in [4.69, 9.17) is 11.6 Å². The molecule has 7 heteroatoms. The van der Waals surface area contributed by atoms with E-state index in [-0.39, 0.29) is 11.8 Å². The molecule has 0 aromatic carbocycles. The number of hydrogen-bond donors (Lipinski definition) is 2. The molecule has 6 nitrogen and oxygen atoms in total. The number of amides is 1. The Bertz CT molecular complexity index is 655. The lowest BCUT2D eigenvalue weighted by atomic mass is 9.93. The lowest BCUT2D eigenvalue weighted by Crippen LogP contribution is -2.29. The standard InChI is InChI=1S/C15H16ClN5O/c16-11-1-2-12(20-9-11)21-15(22)14-13(18-7-8-19-14)10-3-5-17-6-4-10/h1-2,7-10,17H,3-6H2,(H,20,21,22). The van der Waals surface area contributed by atoms with E-state index in [1.54, 1.807) is 18.3 Å². The van der Waals surface area contributed by atoms with E-state index in [0.29, 0.717) is 16.5 Å². The van der Waals surface area contributed by atoms with Gasteiger partial charge in [-0.2, -0.15) is 0 Å². The summed E-state index contributed by atoms with van der Waals surface area (Å²) in [7, 11) is 0. The van der Waals surface area contributed by atoms with Crippen LogP contribution in [0.5, 0.6) is 0 Å². The highest BCUT2D eigenvalue weighted by molar-refractivity contribution is 6.30. The van der Waals surface area contributed by atoms with Gasteiger partial charge in [0.25, 0.3) is 5.91 Å². The van der Waals surface area contributed by atoms with Gasteiger partial charge in [-0.15, -0.1) is 0 Å². The van der Waals surface area contributed by atoms with Crippen LogP contribution in [0, 0.1) is 0 Å². The van der Waals surface area contributed by atoms with Crippen LogP contribution in [-0.2, 0) is 0 Å². The number of rotatable bonds is 3. The van der Waals surface area contributed by atoms with Gasteiger partial charge in [0.2, 0.25) is 0 Å². The van der Waals surface area contributed by atoms with Crippen molar-refractivity contribution in [2.75, 3.05) is 18.4 Å². The minimum atomic E-state index is -0.295. The van der Waals surface area contributed by atoms with Crippen molar-refractivity contribution in [2.24, 2.45) is 0 Å². The number of aromatic nitrogens is 3. The summed E-state index contributed by atoms with van der Waals surface area (Å²) in [6.45, 7) is 1.86. The van der Waals surface area contributed by atoms with Crippen molar-refractivity contribution in [3.63, 3.8) is 0 Å². The number of carbonyl (C=O) groups is 1. The topological polar surface area (TPSA) is 79.8 Å². The summed E-state index contributed by atoms with van der Waals surface area (Å²) in [5.74, 6) is 0.404. The number of anilines is 1. The van der Waals surface area contributed by atoms with Crippen molar-refractivity contribution in [1.29, 1.82) is 0 Å². The summed E-state index contributed by atoms with van der Waals surface area (Å²) in [5.41, 5.74) is 1.13. The Morgan fingerprint density at radius 3 is 2.68 bits per heavy atom. The van der Waals surface area contributed by atoms with Gasteiger partial charge in [-0.25, -0.2) is 9.97 Å². The highest BCUT2D eigenvalue weighted by Gasteiger charge is 2.23. The predicted octanol–water partition coefficient (Wildman–Crippen LogP) is 2.24. The first-order chi connectivity index (χ1) is 10.7. The van der Waals surface area contributed by atoms with Crippen molar-refractivity contribution in [2.45, 2.75) is 18.8 Å². The van der Waals surface area contributed by atoms with Crippen LogP contribution >= 0.6 is 11.6 Å². The van der Waals surface area contributed by atoms with Gasteiger partial charge in [0.05, 0.1) is 10.7 Å². The molecule has 0 saturated carbocycles. The third-order valence-corrected chi connectivity index (χ3v) is 3.86. The molecule has 0 radical (unpaired) electrons. The van der Waals surface area contributed by atoms with E-state index < -0.39 is 0 Å². The Hall–Kier alpha value is -2.05. The quantitative estimate of drug-likeness (QED) is 0.907. The van der Waals surface area contributed by atoms with Crippen molar-refractivity contribution in [3.8, 4) is 0 Å². The summed E-state index contributed by atoms with van der Waals surface area (Å²) in [5, 5.41) is 6.57. The third kappa shape index (κ3) is 3.40. The van der Waals surface area contributed by atoms with E-state index in [0.717, 1.165) is 31.6 Å². The van der Waals surface area contributed by atoms with Crippen LogP contribution < -0.4 is 10.6 Å². The second-order valence-corrected chi connectivity index (χ2v) is 5.57. The fourth-order valence-electron chi connectivity index (χ4n) is 2.54. The zero-order valence-electron chi connectivity index (χ0n) is 11.9. The fourth-order valence-corrected chi connectivity index (χ4v) is 2.65. The normalized spacial score (nSPS) is 15.5. The van der Waals surface area contributed by atoms with Gasteiger partial charge in [0, 0.05) is 24.5 Å². The van der Waals surface area contributed by atoms with Crippen LogP contribution in [0.3, 0.4) is 0 Å². The van der Waals surface area contributed by atoms with E-state index in [1.165, 1.54) is 12.4 Å². The zero-order valence-corrected chi connectivity index (χ0v) is 12.7. The Morgan fingerprint density at radius 1 is 1.18 bits per heavy atom. The van der Waals surface area contributed by atoms with Gasteiger partial charge in [-0.1, -0.05) is 11.6 Å². The third-order valence-electron chi connectivity index (χ3n) is 3.64. The second-order valence-electron chi connectivity index (χ2n) is 5.13. The Kier molecular flexibility index (Phi) is 4.60. The average molecular weight is 318 g/mol. The molecule has 0 bridgehead atoms. The molecule has 22 heavy (non-hydrogen) atoms. The molecule has 0 aliphatic carbocycles. The molecule has 2 aromatic rings. The number of nitrogens with one attached hydrogen (secondary N) is 2. The molecule has 1 aliphatic heterocycles. The number of carbonyl (C=O) groups excluding carboxylic acids is 1. The molecular weight excluding hydrogens is 302 g/mol. The van der Waals surface area contributed by atoms with Gasteiger partial charge < -0.3 is 10.6 Å². The molecule has 114 valence electrons. The first kappa shape index (κ1) is 14.9. The molecular formula is C15H16ClN5O. The van der Waals surface area contributed by atoms with Crippen molar-refractivity contribution in [3.05, 3.63) is 47.1 Å². The van der Waals surface area contributed by atoms with Crippen LogP contribution in [0.4, 0.5) is 5.82 Å². The van der Waals surface area contributed by atoms with Crippen molar-refractivity contribution < 1.29 is 4.79 Å². The highest BCUT2D eigenvalue weighted by Crippen LogP contribution is 2.25. The maximum absolute atomic E-state index is 12.5. The summed E-state index contributed by atoms with van der Waals surface area (Å²) in [6.07, 6.45) is 6.57. The van der Waals surface area contributed by atoms with Crippen molar-refractivity contribution >= 4 is 23.3 Å². The molecule has 1 fully saturated rings. The van der Waals surface area contributed by atoms with E-state index in [9.17, 15) is 4.79 Å². The lowest BCUT2D eigenvalue weighted by Gasteiger charge is -2.23. The second kappa shape index (κ2) is 6.81. The van der Waals surface area contributed by atoms with Gasteiger partial charge in [-0.05, 0) is 38.1 Å². The van der Waals surface area contributed by atoms with Crippen LogP contribution in [0.2, 0.25) is 5.02 Å². The van der Waals surface area contributed by atoms with Gasteiger partial charge in [-0.3, -0.25) is 9.78 Å². The molecule has 1 saturated heterocycles. The van der Waals surface area contributed by atoms with Crippen LogP contribution in [0.1, 0.15) is 34.9 Å². The van der Waals surface area contributed by atoms with E-state index >= 15 is 0 Å². The summed E-state index contributed by atoms with van der Waals surface area (Å²) in [6, 6.07) is 3.33. The fraction of sp³-hybridized carbons (Fsp3) is 0.333. The number of halogens is 1. The number of nitrogens with zero attached hydrogens (tertiary/aromatic N) is 3. The molecule has 2 aromatic heterocycles. The molecule has 1 aliphatic rings. The van der Waals surface area contributed by atoms with Crippen LogP contribution in [0.25, 0.3) is 0 Å². The first-order valence-corrected chi connectivity index (χ1v) is 7.56. The molecule has 2 N–H and O–H groups in total. The number of hydrogen-bond acceptors (Lipinski definition) is 5. The monoisotopic (exact) mass is 317 g/mol. The van der Waals surface area contributed by atoms with Crippen LogP contribution in [-0.4, -0.2) is 33.9 Å². The Morgan fingerprint density at radius 2 is 1.95 bits per heavy atom. The van der Waals surface area contributed by atoms with Gasteiger partial charge >= 0.3 is 0 Å². The zero-order chi connectivity index (χ0) is 15.4. The minimum Gasteiger partial charge on any atom is -0.317 e. The van der Waals surface area contributed by atoms with Gasteiger partial charge in [0.15, 0.2) is 0 Å². The smallest absolute Gasteiger partial charge is 0.277 e. The molecule has 0 unspecified atom stereocenters.